The number of benzene rings is 2. The van der Waals surface area contributed by atoms with E-state index >= 15 is 0 Å². The Morgan fingerprint density at radius 3 is 2.83 bits per heavy atom. The molecular weight excluding hydrogens is 459 g/mol. The van der Waals surface area contributed by atoms with Crippen molar-refractivity contribution in [2.24, 2.45) is 0 Å². The highest BCUT2D eigenvalue weighted by Gasteiger charge is 2.29. The molecule has 9 heteroatoms. The zero-order valence-electron chi connectivity index (χ0n) is 19.4. The number of pyridine rings is 1. The van der Waals surface area contributed by atoms with E-state index in [0.29, 0.717) is 49.1 Å². The van der Waals surface area contributed by atoms with Crippen molar-refractivity contribution in [3.05, 3.63) is 99.3 Å². The van der Waals surface area contributed by atoms with Gasteiger partial charge in [-0.3, -0.25) is 9.59 Å². The second kappa shape index (κ2) is 9.96. The molecule has 0 spiro atoms. The zero-order valence-corrected chi connectivity index (χ0v) is 19.4. The van der Waals surface area contributed by atoms with Gasteiger partial charge in [-0.2, -0.15) is 10.4 Å². The number of carbonyl (C=O) groups is 1. The first-order chi connectivity index (χ1) is 17.5. The normalized spacial score (nSPS) is 15.1. The first-order valence-electron chi connectivity index (χ1n) is 11.7. The van der Waals surface area contributed by atoms with Crippen molar-refractivity contribution in [1.82, 2.24) is 20.1 Å². The second-order valence-electron chi connectivity index (χ2n) is 8.75. The molecule has 1 atom stereocenters. The lowest BCUT2D eigenvalue weighted by atomic mass is 10.0. The van der Waals surface area contributed by atoms with Gasteiger partial charge in [0.2, 0.25) is 0 Å². The number of likely N-dealkylation sites (tertiary alicyclic amines) is 1. The number of nitriles is 1. The fourth-order valence-corrected chi connectivity index (χ4v) is 4.55. The molecule has 0 unspecified atom stereocenters. The highest BCUT2D eigenvalue weighted by molar-refractivity contribution is 5.95. The largest absolute Gasteiger partial charge is 0.364 e. The molecule has 2 aromatic carbocycles. The number of hydrogen-bond acceptors (Lipinski definition) is 6. The molecule has 0 aliphatic carbocycles. The SMILES string of the molecule is N#Cc1cccnc1N[C@@H]1CCN(C(=O)c2cc(CCc3n[nH]c(=O)c4ccccc34)ccc2F)C1. The Labute approximate surface area is 206 Å². The topological polar surface area (TPSA) is 115 Å². The van der Waals surface area contributed by atoms with Gasteiger partial charge in [-0.05, 0) is 55.2 Å². The number of halogens is 1. The highest BCUT2D eigenvalue weighted by Crippen LogP contribution is 2.22. The summed E-state index contributed by atoms with van der Waals surface area (Å²) >= 11 is 0. The Hall–Kier alpha value is -4.58. The van der Waals surface area contributed by atoms with E-state index in [1.165, 1.54) is 6.07 Å². The number of aryl methyl sites for hydroxylation is 2. The van der Waals surface area contributed by atoms with E-state index in [1.807, 2.05) is 12.1 Å². The lowest BCUT2D eigenvalue weighted by Gasteiger charge is -2.18. The quantitative estimate of drug-likeness (QED) is 0.435. The first-order valence-corrected chi connectivity index (χ1v) is 11.7. The molecule has 2 N–H and O–H groups in total. The zero-order chi connectivity index (χ0) is 25.1. The van der Waals surface area contributed by atoms with Gasteiger partial charge in [0, 0.05) is 30.7 Å². The van der Waals surface area contributed by atoms with Crippen molar-refractivity contribution >= 4 is 22.5 Å². The molecule has 2 aromatic heterocycles. The van der Waals surface area contributed by atoms with Crippen LogP contribution in [0.3, 0.4) is 0 Å². The summed E-state index contributed by atoms with van der Waals surface area (Å²) in [7, 11) is 0. The van der Waals surface area contributed by atoms with E-state index in [4.69, 9.17) is 0 Å². The van der Waals surface area contributed by atoms with Crippen molar-refractivity contribution in [2.75, 3.05) is 18.4 Å². The van der Waals surface area contributed by atoms with E-state index in [-0.39, 0.29) is 23.1 Å². The van der Waals surface area contributed by atoms with Crippen LogP contribution in [0.25, 0.3) is 10.8 Å². The fourth-order valence-electron chi connectivity index (χ4n) is 4.55. The number of nitrogens with one attached hydrogen (secondary N) is 2. The first kappa shape index (κ1) is 23.2. The van der Waals surface area contributed by atoms with Crippen LogP contribution in [-0.2, 0) is 12.8 Å². The summed E-state index contributed by atoms with van der Waals surface area (Å²) in [5, 5.41) is 20.6. The minimum Gasteiger partial charge on any atom is -0.364 e. The van der Waals surface area contributed by atoms with Gasteiger partial charge in [0.15, 0.2) is 0 Å². The summed E-state index contributed by atoms with van der Waals surface area (Å²) in [6, 6.07) is 17.2. The molecule has 1 aliphatic heterocycles. The van der Waals surface area contributed by atoms with E-state index in [0.717, 1.165) is 16.6 Å². The van der Waals surface area contributed by atoms with Crippen molar-refractivity contribution in [3.63, 3.8) is 0 Å². The average Bonchev–Trinajstić information content (AvgIpc) is 3.38. The van der Waals surface area contributed by atoms with Gasteiger partial charge < -0.3 is 10.2 Å². The van der Waals surface area contributed by atoms with E-state index in [9.17, 15) is 19.2 Å². The third kappa shape index (κ3) is 4.66. The summed E-state index contributed by atoms with van der Waals surface area (Å²) in [4.78, 5) is 31.0. The number of anilines is 1. The number of aromatic amines is 1. The van der Waals surface area contributed by atoms with Crippen LogP contribution in [0.5, 0.6) is 0 Å². The molecule has 3 heterocycles. The van der Waals surface area contributed by atoms with Crippen molar-refractivity contribution in [2.45, 2.75) is 25.3 Å². The summed E-state index contributed by atoms with van der Waals surface area (Å²) < 4.78 is 14.7. The maximum absolute atomic E-state index is 14.7. The molecule has 0 saturated carbocycles. The molecule has 0 radical (unpaired) electrons. The molecule has 4 aromatic rings. The summed E-state index contributed by atoms with van der Waals surface area (Å²) in [5.41, 5.74) is 1.77. The Bertz CT molecular complexity index is 1540. The lowest BCUT2D eigenvalue weighted by Crippen LogP contribution is -2.32. The highest BCUT2D eigenvalue weighted by atomic mass is 19.1. The van der Waals surface area contributed by atoms with Crippen LogP contribution < -0.4 is 10.9 Å². The maximum atomic E-state index is 14.7. The third-order valence-electron chi connectivity index (χ3n) is 6.43. The molecule has 1 fully saturated rings. The predicted octanol–water partition coefficient (Wildman–Crippen LogP) is 3.44. The molecule has 180 valence electrons. The number of hydrogen-bond donors (Lipinski definition) is 2. The number of amides is 1. The van der Waals surface area contributed by atoms with Crippen LogP contribution in [0, 0.1) is 17.1 Å². The van der Waals surface area contributed by atoms with Crippen LogP contribution in [0.4, 0.5) is 10.2 Å². The second-order valence-corrected chi connectivity index (χ2v) is 8.75. The smallest absolute Gasteiger partial charge is 0.272 e. The van der Waals surface area contributed by atoms with Crippen LogP contribution in [-0.4, -0.2) is 45.1 Å². The Kier molecular flexibility index (Phi) is 6.41. The van der Waals surface area contributed by atoms with Crippen LogP contribution in [0.1, 0.15) is 33.6 Å². The number of H-pyrrole nitrogens is 1. The molecule has 5 rings (SSSR count). The molecule has 36 heavy (non-hydrogen) atoms. The number of rotatable bonds is 6. The number of carbonyl (C=O) groups excluding carboxylic acids is 1. The summed E-state index contributed by atoms with van der Waals surface area (Å²) in [6.45, 7) is 0.861. The van der Waals surface area contributed by atoms with Crippen LogP contribution >= 0.6 is 0 Å². The van der Waals surface area contributed by atoms with Gasteiger partial charge in [0.1, 0.15) is 17.7 Å². The van der Waals surface area contributed by atoms with Crippen molar-refractivity contribution in [1.29, 1.82) is 5.26 Å². The van der Waals surface area contributed by atoms with Gasteiger partial charge in [-0.1, -0.05) is 24.3 Å². The lowest BCUT2D eigenvalue weighted by molar-refractivity contribution is 0.0787. The minimum atomic E-state index is -0.565. The van der Waals surface area contributed by atoms with Gasteiger partial charge >= 0.3 is 0 Å². The van der Waals surface area contributed by atoms with Crippen molar-refractivity contribution in [3.8, 4) is 6.07 Å². The van der Waals surface area contributed by atoms with Gasteiger partial charge in [0.05, 0.1) is 22.2 Å². The molecule has 1 amide bonds. The Morgan fingerprint density at radius 1 is 1.17 bits per heavy atom. The summed E-state index contributed by atoms with van der Waals surface area (Å²) in [6.07, 6.45) is 3.33. The van der Waals surface area contributed by atoms with E-state index in [2.05, 4.69) is 26.6 Å². The minimum absolute atomic E-state index is 0.0305. The maximum Gasteiger partial charge on any atom is 0.272 e. The summed E-state index contributed by atoms with van der Waals surface area (Å²) in [5.74, 6) is -0.451. The third-order valence-corrected chi connectivity index (χ3v) is 6.43. The molecule has 1 aliphatic rings. The van der Waals surface area contributed by atoms with Gasteiger partial charge in [0.25, 0.3) is 11.5 Å². The van der Waals surface area contributed by atoms with Gasteiger partial charge in [-0.25, -0.2) is 14.5 Å². The molecule has 0 bridgehead atoms. The average molecular weight is 483 g/mol. The van der Waals surface area contributed by atoms with Crippen LogP contribution in [0.15, 0.2) is 65.6 Å². The number of fused-ring (bicyclic) bond motifs is 1. The monoisotopic (exact) mass is 482 g/mol. The predicted molar refractivity (Wildman–Crippen MR) is 133 cm³/mol. The molecular formula is C27H23FN6O2. The fraction of sp³-hybridized carbons (Fsp3) is 0.222. The standard InChI is InChI=1S/C27H23FN6O2/c28-23-9-7-17(8-10-24-20-5-1-2-6-21(20)26(35)33-32-24)14-22(23)27(36)34-13-11-19(16-34)31-25-18(15-29)4-3-12-30-25/h1-7,9,12,14,19H,8,10-11,13,16H2,(H,30,31)(H,33,35)/t19-/m1/s1. The van der Waals surface area contributed by atoms with Crippen LogP contribution in [0.2, 0.25) is 0 Å². The van der Waals surface area contributed by atoms with E-state index in [1.54, 1.807) is 47.5 Å². The number of nitrogens with zero attached hydrogens (tertiary/aromatic N) is 4. The molecule has 1 saturated heterocycles. The van der Waals surface area contributed by atoms with Crippen molar-refractivity contribution < 1.29 is 9.18 Å². The Balaban J connectivity index is 1.28. The Morgan fingerprint density at radius 2 is 2.00 bits per heavy atom. The molecule has 8 nitrogen and oxygen atoms in total. The number of aromatic nitrogens is 3. The van der Waals surface area contributed by atoms with Gasteiger partial charge in [-0.15, -0.1) is 0 Å². The van der Waals surface area contributed by atoms with E-state index < -0.39 is 5.82 Å².